The normalized spacial score (nSPS) is 15.1. The second kappa shape index (κ2) is 10.1. The lowest BCUT2D eigenvalue weighted by atomic mass is 9.93. The first-order valence-corrected chi connectivity index (χ1v) is 9.83. The van der Waals surface area contributed by atoms with E-state index in [-0.39, 0.29) is 6.03 Å². The Labute approximate surface area is 160 Å². The number of nitrogens with zero attached hydrogens (tertiary/aromatic N) is 3. The largest absolute Gasteiger partial charge is 0.382 e. The Bertz CT molecular complexity index is 695. The van der Waals surface area contributed by atoms with Crippen molar-refractivity contribution in [3.05, 3.63) is 36.2 Å². The molecule has 7 heteroatoms. The fourth-order valence-corrected chi connectivity index (χ4v) is 3.34. The molecule has 7 nitrogen and oxygen atoms in total. The zero-order valence-corrected chi connectivity index (χ0v) is 16.0. The van der Waals surface area contributed by atoms with Crippen LogP contribution in [0.25, 0.3) is 11.4 Å². The molecule has 0 saturated carbocycles. The predicted octanol–water partition coefficient (Wildman–Crippen LogP) is 2.86. The van der Waals surface area contributed by atoms with Gasteiger partial charge in [-0.1, -0.05) is 30.3 Å². The topological polar surface area (TPSA) is 83.1 Å². The molecule has 2 amide bonds. The predicted molar refractivity (Wildman–Crippen MR) is 104 cm³/mol. The van der Waals surface area contributed by atoms with E-state index in [1.165, 1.54) is 0 Å². The molecule has 1 fully saturated rings. The number of likely N-dealkylation sites (tertiary alicyclic amines) is 1. The molecule has 0 unspecified atom stereocenters. The van der Waals surface area contributed by atoms with E-state index in [0.717, 1.165) is 62.6 Å². The van der Waals surface area contributed by atoms with E-state index >= 15 is 0 Å². The number of rotatable bonds is 8. The second-order valence-corrected chi connectivity index (χ2v) is 6.89. The highest BCUT2D eigenvalue weighted by Crippen LogP contribution is 2.21. The van der Waals surface area contributed by atoms with Crippen molar-refractivity contribution in [3.8, 4) is 11.4 Å². The van der Waals surface area contributed by atoms with Crippen molar-refractivity contribution in [1.82, 2.24) is 25.4 Å². The van der Waals surface area contributed by atoms with E-state index in [4.69, 9.17) is 4.74 Å². The monoisotopic (exact) mass is 371 g/mol. The van der Waals surface area contributed by atoms with Crippen molar-refractivity contribution < 1.29 is 9.53 Å². The van der Waals surface area contributed by atoms with E-state index in [0.29, 0.717) is 19.1 Å². The van der Waals surface area contributed by atoms with Crippen LogP contribution < -0.4 is 5.32 Å². The lowest BCUT2D eigenvalue weighted by Gasteiger charge is -2.31. The highest BCUT2D eigenvalue weighted by molar-refractivity contribution is 5.74. The summed E-state index contributed by atoms with van der Waals surface area (Å²) in [6, 6.07) is 10.0. The van der Waals surface area contributed by atoms with Gasteiger partial charge in [-0.3, -0.25) is 5.10 Å². The van der Waals surface area contributed by atoms with Crippen molar-refractivity contribution in [2.45, 2.75) is 32.6 Å². The fourth-order valence-electron chi connectivity index (χ4n) is 3.34. The fraction of sp³-hybridized carbons (Fsp3) is 0.550. The maximum absolute atomic E-state index is 12.2. The first kappa shape index (κ1) is 19.4. The Morgan fingerprint density at radius 3 is 2.81 bits per heavy atom. The van der Waals surface area contributed by atoms with Gasteiger partial charge in [0.05, 0.1) is 0 Å². The number of hydrogen-bond donors (Lipinski definition) is 2. The quantitative estimate of drug-likeness (QED) is 0.699. The van der Waals surface area contributed by atoms with Crippen LogP contribution >= 0.6 is 0 Å². The third kappa shape index (κ3) is 5.79. The van der Waals surface area contributed by atoms with E-state index in [1.54, 1.807) is 0 Å². The molecule has 0 radical (unpaired) electrons. The minimum atomic E-state index is 0.0379. The first-order valence-electron chi connectivity index (χ1n) is 9.83. The van der Waals surface area contributed by atoms with E-state index in [2.05, 4.69) is 20.5 Å². The molecule has 1 saturated heterocycles. The molecule has 0 atom stereocenters. The molecule has 0 bridgehead atoms. The molecule has 27 heavy (non-hydrogen) atoms. The van der Waals surface area contributed by atoms with Crippen LogP contribution in [-0.2, 0) is 11.2 Å². The van der Waals surface area contributed by atoms with Crippen LogP contribution in [0.3, 0.4) is 0 Å². The number of urea groups is 1. The average molecular weight is 371 g/mol. The number of benzene rings is 1. The zero-order valence-electron chi connectivity index (χ0n) is 16.0. The SMILES string of the molecule is CCOCCCNC(=O)N1CCC(Cc2nc(-c3ccccc3)n[nH]2)CC1. The molecular formula is C20H29N5O2. The van der Waals surface area contributed by atoms with Crippen molar-refractivity contribution in [2.75, 3.05) is 32.8 Å². The molecule has 2 N–H and O–H groups in total. The minimum Gasteiger partial charge on any atom is -0.382 e. The number of nitrogens with one attached hydrogen (secondary N) is 2. The van der Waals surface area contributed by atoms with Gasteiger partial charge in [0.15, 0.2) is 5.82 Å². The number of carbonyl (C=O) groups is 1. The zero-order chi connectivity index (χ0) is 18.9. The molecule has 1 aromatic heterocycles. The maximum Gasteiger partial charge on any atom is 0.317 e. The molecule has 2 heterocycles. The summed E-state index contributed by atoms with van der Waals surface area (Å²) in [6.07, 6.45) is 3.72. The van der Waals surface area contributed by atoms with Crippen LogP contribution in [0.1, 0.15) is 32.0 Å². The van der Waals surface area contributed by atoms with E-state index in [1.807, 2.05) is 42.2 Å². The van der Waals surface area contributed by atoms with E-state index < -0.39 is 0 Å². The summed E-state index contributed by atoms with van der Waals surface area (Å²) >= 11 is 0. The third-order valence-corrected chi connectivity index (χ3v) is 4.89. The molecular weight excluding hydrogens is 342 g/mol. The molecule has 0 aliphatic carbocycles. The Hall–Kier alpha value is -2.41. The van der Waals surface area contributed by atoms with Crippen LogP contribution in [0.4, 0.5) is 4.79 Å². The second-order valence-electron chi connectivity index (χ2n) is 6.89. The van der Waals surface area contributed by atoms with Gasteiger partial charge in [0.1, 0.15) is 5.82 Å². The third-order valence-electron chi connectivity index (χ3n) is 4.89. The molecule has 2 aromatic rings. The van der Waals surface area contributed by atoms with Crippen LogP contribution in [0.2, 0.25) is 0 Å². The van der Waals surface area contributed by atoms with Crippen LogP contribution in [0.15, 0.2) is 30.3 Å². The van der Waals surface area contributed by atoms with Gasteiger partial charge in [0.25, 0.3) is 0 Å². The Kier molecular flexibility index (Phi) is 7.21. The summed E-state index contributed by atoms with van der Waals surface area (Å²) in [5, 5.41) is 10.4. The molecule has 1 aliphatic rings. The number of ether oxygens (including phenoxy) is 1. The maximum atomic E-state index is 12.2. The molecule has 1 aliphatic heterocycles. The van der Waals surface area contributed by atoms with Crippen molar-refractivity contribution >= 4 is 6.03 Å². The number of amides is 2. The highest BCUT2D eigenvalue weighted by Gasteiger charge is 2.23. The van der Waals surface area contributed by atoms with E-state index in [9.17, 15) is 4.79 Å². The Morgan fingerprint density at radius 1 is 1.30 bits per heavy atom. The Balaban J connectivity index is 1.39. The van der Waals surface area contributed by atoms with Crippen LogP contribution in [0.5, 0.6) is 0 Å². The lowest BCUT2D eigenvalue weighted by Crippen LogP contribution is -2.45. The number of aromatic nitrogens is 3. The molecule has 0 spiro atoms. The van der Waals surface area contributed by atoms with Crippen molar-refractivity contribution in [3.63, 3.8) is 0 Å². The number of aromatic amines is 1. The Morgan fingerprint density at radius 2 is 2.07 bits per heavy atom. The molecule has 146 valence electrons. The lowest BCUT2D eigenvalue weighted by molar-refractivity contribution is 0.142. The van der Waals surface area contributed by atoms with Gasteiger partial charge in [-0.2, -0.15) is 5.10 Å². The van der Waals surface area contributed by atoms with Crippen molar-refractivity contribution in [1.29, 1.82) is 0 Å². The summed E-state index contributed by atoms with van der Waals surface area (Å²) in [6.45, 7) is 5.65. The van der Waals surface area contributed by atoms with Gasteiger partial charge in [-0.15, -0.1) is 0 Å². The number of carbonyl (C=O) groups excluding carboxylic acids is 1. The number of H-pyrrole nitrogens is 1. The summed E-state index contributed by atoms with van der Waals surface area (Å²) in [5.41, 5.74) is 1.02. The van der Waals surface area contributed by atoms with Gasteiger partial charge in [-0.05, 0) is 32.1 Å². The van der Waals surface area contributed by atoms with Crippen LogP contribution in [-0.4, -0.2) is 59.0 Å². The van der Waals surface area contributed by atoms with Crippen molar-refractivity contribution in [2.24, 2.45) is 5.92 Å². The summed E-state index contributed by atoms with van der Waals surface area (Å²) in [7, 11) is 0. The molecule has 1 aromatic carbocycles. The van der Waals surface area contributed by atoms with Gasteiger partial charge >= 0.3 is 6.03 Å². The van der Waals surface area contributed by atoms with Gasteiger partial charge in [0, 0.05) is 44.8 Å². The minimum absolute atomic E-state index is 0.0379. The standard InChI is InChI=1S/C20H29N5O2/c1-2-27-14-6-11-21-20(26)25-12-9-16(10-13-25)15-18-22-19(24-23-18)17-7-4-3-5-8-17/h3-5,7-8,16H,2,6,9-15H2,1H3,(H,21,26)(H,22,23,24). The summed E-state index contributed by atoms with van der Waals surface area (Å²) in [4.78, 5) is 18.7. The highest BCUT2D eigenvalue weighted by atomic mass is 16.5. The average Bonchev–Trinajstić information content (AvgIpc) is 3.17. The van der Waals surface area contributed by atoms with Gasteiger partial charge in [0.2, 0.25) is 0 Å². The first-order chi connectivity index (χ1) is 13.3. The van der Waals surface area contributed by atoms with Gasteiger partial charge in [-0.25, -0.2) is 9.78 Å². The molecule has 3 rings (SSSR count). The smallest absolute Gasteiger partial charge is 0.317 e. The summed E-state index contributed by atoms with van der Waals surface area (Å²) in [5.74, 6) is 2.20. The number of hydrogen-bond acceptors (Lipinski definition) is 4. The van der Waals surface area contributed by atoms with Gasteiger partial charge < -0.3 is 15.0 Å². The number of piperidine rings is 1. The summed E-state index contributed by atoms with van der Waals surface area (Å²) < 4.78 is 5.28. The van der Waals surface area contributed by atoms with Crippen LogP contribution in [0, 0.1) is 5.92 Å².